The van der Waals surface area contributed by atoms with Gasteiger partial charge in [0.2, 0.25) is 0 Å². The summed E-state index contributed by atoms with van der Waals surface area (Å²) in [5.41, 5.74) is 1.34. The van der Waals surface area contributed by atoms with Crippen LogP contribution >= 0.6 is 15.9 Å². The molecule has 0 aliphatic carbocycles. The maximum absolute atomic E-state index is 13.8. The first-order chi connectivity index (χ1) is 8.25. The van der Waals surface area contributed by atoms with Crippen LogP contribution in [0.2, 0.25) is 0 Å². The Balaban J connectivity index is 2.31. The van der Waals surface area contributed by atoms with Crippen LogP contribution in [0.5, 0.6) is 0 Å². The number of para-hydroxylation sites is 1. The van der Waals surface area contributed by atoms with E-state index in [1.807, 2.05) is 30.3 Å². The monoisotopic (exact) mass is 290 g/mol. The highest BCUT2D eigenvalue weighted by Crippen LogP contribution is 2.22. The third-order valence-corrected chi connectivity index (χ3v) is 3.09. The Morgan fingerprint density at radius 3 is 2.76 bits per heavy atom. The van der Waals surface area contributed by atoms with E-state index in [-0.39, 0.29) is 5.82 Å². The van der Waals surface area contributed by atoms with E-state index in [0.29, 0.717) is 5.52 Å². The average molecular weight is 291 g/mol. The molecule has 1 heterocycles. The molecule has 0 aliphatic rings. The van der Waals surface area contributed by atoms with Crippen LogP contribution in [0.1, 0.15) is 0 Å². The van der Waals surface area contributed by atoms with Crippen LogP contribution in [-0.4, -0.2) is 9.78 Å². The highest BCUT2D eigenvalue weighted by Gasteiger charge is 2.09. The van der Waals surface area contributed by atoms with Crippen molar-refractivity contribution in [1.29, 1.82) is 0 Å². The molecule has 1 aromatic heterocycles. The van der Waals surface area contributed by atoms with Gasteiger partial charge < -0.3 is 0 Å². The lowest BCUT2D eigenvalue weighted by atomic mass is 10.2. The highest BCUT2D eigenvalue weighted by atomic mass is 79.9. The van der Waals surface area contributed by atoms with E-state index >= 15 is 0 Å². The van der Waals surface area contributed by atoms with Crippen molar-refractivity contribution in [3.8, 4) is 5.69 Å². The van der Waals surface area contributed by atoms with Crippen LogP contribution < -0.4 is 0 Å². The number of hydrogen-bond donors (Lipinski definition) is 0. The van der Waals surface area contributed by atoms with Gasteiger partial charge >= 0.3 is 0 Å². The second-order valence-corrected chi connectivity index (χ2v) is 4.63. The van der Waals surface area contributed by atoms with E-state index in [1.54, 1.807) is 16.9 Å². The lowest BCUT2D eigenvalue weighted by Crippen LogP contribution is -1.97. The van der Waals surface area contributed by atoms with E-state index in [4.69, 9.17) is 0 Å². The van der Waals surface area contributed by atoms with Crippen molar-refractivity contribution < 1.29 is 4.39 Å². The maximum atomic E-state index is 13.8. The fourth-order valence-electron chi connectivity index (χ4n) is 1.84. The summed E-state index contributed by atoms with van der Waals surface area (Å²) in [4.78, 5) is 0. The van der Waals surface area contributed by atoms with E-state index in [9.17, 15) is 4.39 Å². The minimum atomic E-state index is -0.264. The van der Waals surface area contributed by atoms with Crippen LogP contribution in [0.3, 0.4) is 0 Å². The molecular weight excluding hydrogens is 283 g/mol. The molecule has 0 saturated heterocycles. The molecule has 0 unspecified atom stereocenters. The molecule has 0 fully saturated rings. The van der Waals surface area contributed by atoms with Crippen molar-refractivity contribution in [2.75, 3.05) is 0 Å². The van der Waals surface area contributed by atoms with Crippen molar-refractivity contribution in [2.45, 2.75) is 0 Å². The summed E-state index contributed by atoms with van der Waals surface area (Å²) in [6, 6.07) is 12.6. The Bertz CT molecular complexity index is 691. The first kappa shape index (κ1) is 10.5. The van der Waals surface area contributed by atoms with Crippen LogP contribution in [0.4, 0.5) is 4.39 Å². The van der Waals surface area contributed by atoms with Crippen molar-refractivity contribution in [3.63, 3.8) is 0 Å². The largest absolute Gasteiger partial charge is 0.230 e. The second kappa shape index (κ2) is 3.96. The zero-order valence-electron chi connectivity index (χ0n) is 8.77. The fourth-order valence-corrected chi connectivity index (χ4v) is 2.23. The van der Waals surface area contributed by atoms with Gasteiger partial charge in [0, 0.05) is 9.86 Å². The average Bonchev–Trinajstić information content (AvgIpc) is 2.74. The summed E-state index contributed by atoms with van der Waals surface area (Å²) in [7, 11) is 0. The Hall–Kier alpha value is -1.68. The standard InChI is InChI=1S/C13H8BrFN2/c14-10-4-2-5-11(7-10)17-13-9(8-16-17)3-1-6-12(13)15/h1-8H. The first-order valence-electron chi connectivity index (χ1n) is 5.14. The van der Waals surface area contributed by atoms with Gasteiger partial charge in [-0.1, -0.05) is 34.1 Å². The van der Waals surface area contributed by atoms with Gasteiger partial charge in [-0.05, 0) is 24.3 Å². The normalized spacial score (nSPS) is 10.9. The fraction of sp³-hybridized carbons (Fsp3) is 0. The van der Waals surface area contributed by atoms with Crippen LogP contribution in [0.25, 0.3) is 16.6 Å². The number of hydrogen-bond acceptors (Lipinski definition) is 1. The summed E-state index contributed by atoms with van der Waals surface area (Å²) in [6.45, 7) is 0. The summed E-state index contributed by atoms with van der Waals surface area (Å²) >= 11 is 3.40. The summed E-state index contributed by atoms with van der Waals surface area (Å²) in [6.07, 6.45) is 1.67. The molecule has 0 saturated carbocycles. The van der Waals surface area contributed by atoms with Gasteiger partial charge in [0.05, 0.1) is 11.9 Å². The smallest absolute Gasteiger partial charge is 0.149 e. The number of aromatic nitrogens is 2. The summed E-state index contributed by atoms with van der Waals surface area (Å²) in [5, 5.41) is 5.02. The number of benzene rings is 2. The van der Waals surface area contributed by atoms with Crippen molar-refractivity contribution in [3.05, 3.63) is 59.0 Å². The lowest BCUT2D eigenvalue weighted by molar-refractivity contribution is 0.631. The zero-order chi connectivity index (χ0) is 11.8. The van der Waals surface area contributed by atoms with Gasteiger partial charge in [-0.25, -0.2) is 9.07 Å². The van der Waals surface area contributed by atoms with Crippen molar-refractivity contribution in [2.24, 2.45) is 0 Å². The third-order valence-electron chi connectivity index (χ3n) is 2.59. The second-order valence-electron chi connectivity index (χ2n) is 3.71. The summed E-state index contributed by atoms with van der Waals surface area (Å²) < 4.78 is 16.3. The van der Waals surface area contributed by atoms with Crippen LogP contribution in [-0.2, 0) is 0 Å². The van der Waals surface area contributed by atoms with E-state index < -0.39 is 0 Å². The van der Waals surface area contributed by atoms with Gasteiger partial charge in [-0.2, -0.15) is 5.10 Å². The molecule has 84 valence electrons. The first-order valence-corrected chi connectivity index (χ1v) is 5.93. The quantitative estimate of drug-likeness (QED) is 0.664. The van der Waals surface area contributed by atoms with Gasteiger partial charge in [0.15, 0.2) is 0 Å². The number of rotatable bonds is 1. The Kier molecular flexibility index (Phi) is 2.44. The van der Waals surface area contributed by atoms with Gasteiger partial charge in [-0.3, -0.25) is 0 Å². The topological polar surface area (TPSA) is 17.8 Å². The van der Waals surface area contributed by atoms with Gasteiger partial charge in [0.1, 0.15) is 11.3 Å². The predicted octanol–water partition coefficient (Wildman–Crippen LogP) is 3.93. The van der Waals surface area contributed by atoms with E-state index in [2.05, 4.69) is 21.0 Å². The molecule has 3 aromatic rings. The third kappa shape index (κ3) is 1.74. The molecule has 0 bridgehead atoms. The molecule has 0 N–H and O–H groups in total. The van der Waals surface area contributed by atoms with E-state index in [0.717, 1.165) is 15.5 Å². The lowest BCUT2D eigenvalue weighted by Gasteiger charge is -2.04. The van der Waals surface area contributed by atoms with Crippen LogP contribution in [0.15, 0.2) is 53.1 Å². The molecule has 0 radical (unpaired) electrons. The number of fused-ring (bicyclic) bond motifs is 1. The zero-order valence-corrected chi connectivity index (χ0v) is 10.4. The maximum Gasteiger partial charge on any atom is 0.149 e. The molecule has 17 heavy (non-hydrogen) atoms. The van der Waals surface area contributed by atoms with E-state index in [1.165, 1.54) is 6.07 Å². The molecule has 4 heteroatoms. The Morgan fingerprint density at radius 2 is 1.94 bits per heavy atom. The van der Waals surface area contributed by atoms with Crippen molar-refractivity contribution in [1.82, 2.24) is 9.78 Å². The molecule has 2 aromatic carbocycles. The molecule has 0 atom stereocenters. The Morgan fingerprint density at radius 1 is 1.12 bits per heavy atom. The number of nitrogens with zero attached hydrogens (tertiary/aromatic N) is 2. The highest BCUT2D eigenvalue weighted by molar-refractivity contribution is 9.10. The predicted molar refractivity (Wildman–Crippen MR) is 68.7 cm³/mol. The van der Waals surface area contributed by atoms with Gasteiger partial charge in [-0.15, -0.1) is 0 Å². The Labute approximate surface area is 106 Å². The van der Waals surface area contributed by atoms with Crippen LogP contribution in [0, 0.1) is 5.82 Å². The van der Waals surface area contributed by atoms with Gasteiger partial charge in [0.25, 0.3) is 0 Å². The number of halogens is 2. The molecular formula is C13H8BrFN2. The minimum Gasteiger partial charge on any atom is -0.230 e. The van der Waals surface area contributed by atoms with Crippen molar-refractivity contribution >= 4 is 26.8 Å². The SMILES string of the molecule is Fc1cccc2cnn(-c3cccc(Br)c3)c12. The molecule has 0 amide bonds. The molecule has 0 aliphatic heterocycles. The molecule has 3 rings (SSSR count). The minimum absolute atomic E-state index is 0.264. The molecule has 2 nitrogen and oxygen atoms in total. The molecule has 0 spiro atoms. The summed E-state index contributed by atoms with van der Waals surface area (Å²) in [5.74, 6) is -0.264.